The first kappa shape index (κ1) is 10.6. The van der Waals surface area contributed by atoms with Crippen LogP contribution in [0.2, 0.25) is 0 Å². The first-order chi connectivity index (χ1) is 7.79. The van der Waals surface area contributed by atoms with Crippen LogP contribution in [0.15, 0.2) is 0 Å². The molecule has 0 radical (unpaired) electrons. The van der Waals surface area contributed by atoms with Crippen LogP contribution in [0.5, 0.6) is 0 Å². The number of amides is 1. The van der Waals surface area contributed by atoms with E-state index in [2.05, 4.69) is 17.1 Å². The molecule has 16 heavy (non-hydrogen) atoms. The topological polar surface area (TPSA) is 32.3 Å². The fraction of sp³-hybridized carbons (Fsp3) is 0.923. The number of piperidine rings is 1. The van der Waals surface area contributed by atoms with Crippen LogP contribution >= 0.6 is 0 Å². The van der Waals surface area contributed by atoms with Gasteiger partial charge in [0.1, 0.15) is 0 Å². The molecule has 90 valence electrons. The number of nitrogens with zero attached hydrogens (tertiary/aromatic N) is 1. The Kier molecular flexibility index (Phi) is 2.66. The zero-order valence-electron chi connectivity index (χ0n) is 10.1. The Balaban J connectivity index is 1.59. The van der Waals surface area contributed by atoms with Crippen molar-refractivity contribution in [2.45, 2.75) is 63.6 Å². The molecule has 3 heteroatoms. The molecule has 3 unspecified atom stereocenters. The van der Waals surface area contributed by atoms with Crippen LogP contribution in [0.3, 0.4) is 0 Å². The molecule has 3 fully saturated rings. The summed E-state index contributed by atoms with van der Waals surface area (Å²) in [7, 11) is 0. The number of likely N-dealkylation sites (tertiary alicyclic amines) is 1. The molecule has 2 aliphatic carbocycles. The Morgan fingerprint density at radius 2 is 2.19 bits per heavy atom. The van der Waals surface area contributed by atoms with Crippen molar-refractivity contribution >= 4 is 5.91 Å². The molecule has 0 spiro atoms. The summed E-state index contributed by atoms with van der Waals surface area (Å²) in [6.07, 6.45) is 7.25. The molecular weight excluding hydrogens is 200 g/mol. The summed E-state index contributed by atoms with van der Waals surface area (Å²) in [5.41, 5.74) is 0. The van der Waals surface area contributed by atoms with Gasteiger partial charge in [0.15, 0.2) is 0 Å². The molecule has 3 atom stereocenters. The Hall–Kier alpha value is -0.570. The molecule has 1 saturated heterocycles. The molecule has 3 rings (SSSR count). The molecule has 1 N–H and O–H groups in total. The highest BCUT2D eigenvalue weighted by Gasteiger charge is 2.45. The van der Waals surface area contributed by atoms with Gasteiger partial charge < -0.3 is 10.2 Å². The second-order valence-corrected chi connectivity index (χ2v) is 5.64. The van der Waals surface area contributed by atoms with Crippen LogP contribution in [0.4, 0.5) is 0 Å². The van der Waals surface area contributed by atoms with Gasteiger partial charge in [0.05, 0.1) is 6.04 Å². The normalized spacial score (nSPS) is 38.9. The van der Waals surface area contributed by atoms with E-state index in [4.69, 9.17) is 0 Å². The third kappa shape index (κ3) is 1.97. The highest BCUT2D eigenvalue weighted by Crippen LogP contribution is 2.39. The van der Waals surface area contributed by atoms with E-state index in [1.165, 1.54) is 32.1 Å². The molecule has 1 heterocycles. The van der Waals surface area contributed by atoms with Crippen molar-refractivity contribution in [3.8, 4) is 0 Å². The molecule has 0 aromatic carbocycles. The molecule has 2 saturated carbocycles. The van der Waals surface area contributed by atoms with Gasteiger partial charge in [-0.3, -0.25) is 4.79 Å². The summed E-state index contributed by atoms with van der Waals surface area (Å²) in [6, 6.07) is 1.37. The average molecular weight is 222 g/mol. The monoisotopic (exact) mass is 222 g/mol. The predicted molar refractivity (Wildman–Crippen MR) is 63.1 cm³/mol. The summed E-state index contributed by atoms with van der Waals surface area (Å²) in [4.78, 5) is 14.5. The molecular formula is C13H22N2O. The van der Waals surface area contributed by atoms with Gasteiger partial charge in [0.25, 0.3) is 0 Å². The van der Waals surface area contributed by atoms with Gasteiger partial charge in [0.2, 0.25) is 5.91 Å². The van der Waals surface area contributed by atoms with Gasteiger partial charge >= 0.3 is 0 Å². The number of hydrogen-bond acceptors (Lipinski definition) is 2. The molecule has 0 aromatic rings. The summed E-state index contributed by atoms with van der Waals surface area (Å²) in [5, 5.41) is 3.50. The standard InChI is InChI=1S/C13H22N2O/c1-2-9-8-12(9)15-7-3-4-11(13(15)16)14-10-5-6-10/h9-12,14H,2-8H2,1H3. The maximum atomic E-state index is 12.3. The van der Waals surface area contributed by atoms with E-state index in [1.54, 1.807) is 0 Å². The molecule has 3 aliphatic rings. The van der Waals surface area contributed by atoms with E-state index in [9.17, 15) is 4.79 Å². The predicted octanol–water partition coefficient (Wildman–Crippen LogP) is 1.53. The molecule has 0 bridgehead atoms. The van der Waals surface area contributed by atoms with Gasteiger partial charge in [-0.2, -0.15) is 0 Å². The van der Waals surface area contributed by atoms with Gasteiger partial charge in [-0.25, -0.2) is 0 Å². The van der Waals surface area contributed by atoms with E-state index in [-0.39, 0.29) is 6.04 Å². The minimum absolute atomic E-state index is 0.138. The van der Waals surface area contributed by atoms with Crippen molar-refractivity contribution in [1.29, 1.82) is 0 Å². The van der Waals surface area contributed by atoms with Crippen LogP contribution in [-0.4, -0.2) is 35.5 Å². The van der Waals surface area contributed by atoms with Crippen LogP contribution in [0.25, 0.3) is 0 Å². The summed E-state index contributed by atoms with van der Waals surface area (Å²) in [5.74, 6) is 1.18. The highest BCUT2D eigenvalue weighted by molar-refractivity contribution is 5.83. The third-order valence-electron chi connectivity index (χ3n) is 4.30. The van der Waals surface area contributed by atoms with Gasteiger partial charge in [0, 0.05) is 18.6 Å². The van der Waals surface area contributed by atoms with Crippen LogP contribution in [-0.2, 0) is 4.79 Å². The zero-order valence-corrected chi connectivity index (χ0v) is 10.1. The maximum absolute atomic E-state index is 12.3. The lowest BCUT2D eigenvalue weighted by Crippen LogP contribution is -2.52. The highest BCUT2D eigenvalue weighted by atomic mass is 16.2. The van der Waals surface area contributed by atoms with Crippen molar-refractivity contribution in [1.82, 2.24) is 10.2 Å². The van der Waals surface area contributed by atoms with Gasteiger partial charge in [-0.05, 0) is 38.0 Å². The number of hydrogen-bond donors (Lipinski definition) is 1. The Bertz CT molecular complexity index is 288. The van der Waals surface area contributed by atoms with E-state index in [0.717, 1.165) is 18.9 Å². The lowest BCUT2D eigenvalue weighted by molar-refractivity contribution is -0.136. The Morgan fingerprint density at radius 1 is 1.38 bits per heavy atom. The largest absolute Gasteiger partial charge is 0.338 e. The third-order valence-corrected chi connectivity index (χ3v) is 4.30. The van der Waals surface area contributed by atoms with Gasteiger partial charge in [-0.1, -0.05) is 13.3 Å². The summed E-state index contributed by atoms with van der Waals surface area (Å²) in [6.45, 7) is 3.24. The van der Waals surface area contributed by atoms with Crippen molar-refractivity contribution in [2.24, 2.45) is 5.92 Å². The van der Waals surface area contributed by atoms with Gasteiger partial charge in [-0.15, -0.1) is 0 Å². The molecule has 1 amide bonds. The Morgan fingerprint density at radius 3 is 2.81 bits per heavy atom. The van der Waals surface area contributed by atoms with Crippen LogP contribution in [0.1, 0.15) is 45.4 Å². The average Bonchev–Trinajstić information content (AvgIpc) is 3.14. The maximum Gasteiger partial charge on any atom is 0.239 e. The smallest absolute Gasteiger partial charge is 0.239 e. The molecule has 0 aromatic heterocycles. The Labute approximate surface area is 97.6 Å². The second kappa shape index (κ2) is 4.02. The van der Waals surface area contributed by atoms with Crippen LogP contribution < -0.4 is 5.32 Å². The van der Waals surface area contributed by atoms with E-state index in [1.807, 2.05) is 0 Å². The number of carbonyl (C=O) groups is 1. The quantitative estimate of drug-likeness (QED) is 0.782. The first-order valence-electron chi connectivity index (χ1n) is 6.86. The minimum Gasteiger partial charge on any atom is -0.338 e. The number of carbonyl (C=O) groups excluding carboxylic acids is 1. The molecule has 1 aliphatic heterocycles. The summed E-state index contributed by atoms with van der Waals surface area (Å²) < 4.78 is 0. The SMILES string of the molecule is CCC1CC1N1CCCC(NC2CC2)C1=O. The van der Waals surface area contributed by atoms with Crippen molar-refractivity contribution in [3.63, 3.8) is 0 Å². The van der Waals surface area contributed by atoms with E-state index < -0.39 is 0 Å². The second-order valence-electron chi connectivity index (χ2n) is 5.64. The lowest BCUT2D eigenvalue weighted by atomic mass is 10.0. The van der Waals surface area contributed by atoms with Crippen molar-refractivity contribution in [2.75, 3.05) is 6.54 Å². The van der Waals surface area contributed by atoms with E-state index >= 15 is 0 Å². The van der Waals surface area contributed by atoms with Crippen molar-refractivity contribution < 1.29 is 4.79 Å². The van der Waals surface area contributed by atoms with Crippen molar-refractivity contribution in [3.05, 3.63) is 0 Å². The summed E-state index contributed by atoms with van der Waals surface area (Å²) >= 11 is 0. The number of rotatable bonds is 4. The fourth-order valence-electron chi connectivity index (χ4n) is 2.97. The zero-order chi connectivity index (χ0) is 11.1. The fourth-order valence-corrected chi connectivity index (χ4v) is 2.97. The van der Waals surface area contributed by atoms with E-state index in [0.29, 0.717) is 18.0 Å². The minimum atomic E-state index is 0.138. The van der Waals surface area contributed by atoms with Crippen LogP contribution in [0, 0.1) is 5.92 Å². The lowest BCUT2D eigenvalue weighted by Gasteiger charge is -2.33. The molecule has 3 nitrogen and oxygen atoms in total. The number of nitrogens with one attached hydrogen (secondary N) is 1. The first-order valence-corrected chi connectivity index (χ1v) is 6.86.